The van der Waals surface area contributed by atoms with E-state index in [2.05, 4.69) is 10.8 Å². The van der Waals surface area contributed by atoms with Crippen LogP contribution >= 0.6 is 0 Å². The first-order valence-electron chi connectivity index (χ1n) is 9.67. The molecule has 6 nitrogen and oxygen atoms in total. The molecular formula is C20H30N2O4S. The summed E-state index contributed by atoms with van der Waals surface area (Å²) in [4.78, 5) is 14.6. The maximum absolute atomic E-state index is 12.6. The van der Waals surface area contributed by atoms with Gasteiger partial charge in [0.15, 0.2) is 0 Å². The largest absolute Gasteiger partial charge is 0.375 e. The van der Waals surface area contributed by atoms with Gasteiger partial charge in [-0.3, -0.25) is 4.79 Å². The Hall–Kier alpha value is -1.44. The molecule has 0 saturated carbocycles. The van der Waals surface area contributed by atoms with Gasteiger partial charge < -0.3 is 9.64 Å². The minimum Gasteiger partial charge on any atom is -0.375 e. The normalized spacial score (nSPS) is 22.7. The van der Waals surface area contributed by atoms with Crippen LogP contribution in [0.5, 0.6) is 0 Å². The van der Waals surface area contributed by atoms with E-state index in [0.717, 1.165) is 31.2 Å². The number of carbonyl (C=O) groups is 1. The fraction of sp³-hybridized carbons (Fsp3) is 0.650. The molecule has 27 heavy (non-hydrogen) atoms. The molecule has 2 fully saturated rings. The van der Waals surface area contributed by atoms with E-state index in [9.17, 15) is 13.2 Å². The second-order valence-electron chi connectivity index (χ2n) is 8.06. The van der Waals surface area contributed by atoms with Gasteiger partial charge in [0.05, 0.1) is 18.3 Å². The van der Waals surface area contributed by atoms with Crippen molar-refractivity contribution in [3.05, 3.63) is 35.4 Å². The smallest absolute Gasteiger partial charge is 0.226 e. The van der Waals surface area contributed by atoms with Crippen LogP contribution in [0.2, 0.25) is 0 Å². The molecule has 0 bridgehead atoms. The maximum atomic E-state index is 12.6. The average molecular weight is 395 g/mol. The van der Waals surface area contributed by atoms with Crippen molar-refractivity contribution in [1.82, 2.24) is 9.62 Å². The number of benzene rings is 1. The quantitative estimate of drug-likeness (QED) is 0.827. The third-order valence-electron chi connectivity index (χ3n) is 5.69. The fourth-order valence-corrected chi connectivity index (χ4v) is 4.73. The van der Waals surface area contributed by atoms with Crippen molar-refractivity contribution in [1.29, 1.82) is 0 Å². The lowest BCUT2D eigenvalue weighted by molar-refractivity contribution is -0.146. The summed E-state index contributed by atoms with van der Waals surface area (Å²) < 4.78 is 31.4. The minimum absolute atomic E-state index is 0.168. The Balaban J connectivity index is 1.52. The first-order valence-corrected chi connectivity index (χ1v) is 11.6. The fourth-order valence-electron chi connectivity index (χ4n) is 4.19. The van der Waals surface area contributed by atoms with Gasteiger partial charge in [-0.2, -0.15) is 0 Å². The van der Waals surface area contributed by atoms with E-state index in [1.165, 1.54) is 11.8 Å². The number of rotatable bonds is 5. The van der Waals surface area contributed by atoms with Gasteiger partial charge in [-0.25, -0.2) is 13.1 Å². The van der Waals surface area contributed by atoms with Crippen molar-refractivity contribution in [2.45, 2.75) is 44.6 Å². The molecule has 1 unspecified atom stereocenters. The lowest BCUT2D eigenvalue weighted by Gasteiger charge is -2.46. The molecule has 2 saturated heterocycles. The van der Waals surface area contributed by atoms with Gasteiger partial charge in [-0.1, -0.05) is 29.8 Å². The Bertz CT molecular complexity index is 770. The molecule has 1 spiro atoms. The molecule has 0 aromatic heterocycles. The highest BCUT2D eigenvalue weighted by atomic mass is 32.2. The second-order valence-corrected chi connectivity index (χ2v) is 9.89. The number of nitrogens with one attached hydrogen (secondary N) is 1. The van der Waals surface area contributed by atoms with Gasteiger partial charge in [-0.15, -0.1) is 0 Å². The molecule has 1 amide bonds. The number of amides is 1. The Kier molecular flexibility index (Phi) is 6.23. The molecule has 1 aromatic carbocycles. The van der Waals surface area contributed by atoms with Crippen molar-refractivity contribution in [2.75, 3.05) is 32.5 Å². The predicted molar refractivity (Wildman–Crippen MR) is 105 cm³/mol. The number of sulfonamides is 1. The third-order valence-corrected chi connectivity index (χ3v) is 6.39. The van der Waals surface area contributed by atoms with Crippen LogP contribution in [0.3, 0.4) is 0 Å². The summed E-state index contributed by atoms with van der Waals surface area (Å²) in [5.41, 5.74) is 2.02. The van der Waals surface area contributed by atoms with Crippen molar-refractivity contribution < 1.29 is 17.9 Å². The molecule has 2 heterocycles. The maximum Gasteiger partial charge on any atom is 0.226 e. The van der Waals surface area contributed by atoms with E-state index in [-0.39, 0.29) is 11.5 Å². The monoisotopic (exact) mass is 394 g/mol. The first-order chi connectivity index (χ1) is 12.7. The Labute approximate surface area is 162 Å². The van der Waals surface area contributed by atoms with E-state index in [4.69, 9.17) is 4.74 Å². The summed E-state index contributed by atoms with van der Waals surface area (Å²) >= 11 is 0. The molecule has 1 aromatic rings. The van der Waals surface area contributed by atoms with Crippen LogP contribution in [0.15, 0.2) is 24.3 Å². The molecular weight excluding hydrogens is 364 g/mol. The van der Waals surface area contributed by atoms with Crippen LogP contribution in [0, 0.1) is 12.8 Å². The minimum atomic E-state index is -3.16. The van der Waals surface area contributed by atoms with Crippen molar-refractivity contribution in [3.8, 4) is 0 Å². The van der Waals surface area contributed by atoms with Crippen LogP contribution in [0.25, 0.3) is 0 Å². The predicted octanol–water partition coefficient (Wildman–Crippen LogP) is 1.87. The highest BCUT2D eigenvalue weighted by Crippen LogP contribution is 2.37. The highest BCUT2D eigenvalue weighted by Gasteiger charge is 2.41. The van der Waals surface area contributed by atoms with Gasteiger partial charge in [0, 0.05) is 26.2 Å². The number of aryl methyl sites for hydroxylation is 1. The number of ether oxygens (including phenoxy) is 1. The zero-order valence-electron chi connectivity index (χ0n) is 16.2. The molecule has 0 radical (unpaired) electrons. The molecule has 3 rings (SSSR count). The molecule has 1 N–H and O–H groups in total. The molecule has 1 atom stereocenters. The zero-order chi connectivity index (χ0) is 19.5. The standard InChI is InChI=1S/C20H30N2O4S/c1-16-4-3-5-17(12-16)13-19(23)22-9-7-20(8-10-22)14-18(6-11-26-20)15-21-27(2,24)25/h3-5,12,18,21H,6-11,13-15H2,1-2H3. The number of hydrogen-bond donors (Lipinski definition) is 1. The van der Waals surface area contributed by atoms with E-state index < -0.39 is 10.0 Å². The van der Waals surface area contributed by atoms with Gasteiger partial charge in [0.2, 0.25) is 15.9 Å². The number of likely N-dealkylation sites (tertiary alicyclic amines) is 1. The van der Waals surface area contributed by atoms with Crippen LogP contribution in [-0.2, 0) is 26.0 Å². The van der Waals surface area contributed by atoms with E-state index in [1.807, 2.05) is 30.0 Å². The Morgan fingerprint density at radius 3 is 2.74 bits per heavy atom. The van der Waals surface area contributed by atoms with Crippen LogP contribution in [0.4, 0.5) is 0 Å². The van der Waals surface area contributed by atoms with Crippen LogP contribution < -0.4 is 4.72 Å². The average Bonchev–Trinajstić information content (AvgIpc) is 2.60. The van der Waals surface area contributed by atoms with Gasteiger partial charge in [0.25, 0.3) is 0 Å². The molecule has 2 aliphatic rings. The number of hydrogen-bond acceptors (Lipinski definition) is 4. The summed E-state index contributed by atoms with van der Waals surface area (Å²) in [5, 5.41) is 0. The zero-order valence-corrected chi connectivity index (χ0v) is 17.1. The van der Waals surface area contributed by atoms with Crippen LogP contribution in [0.1, 0.15) is 36.8 Å². The SMILES string of the molecule is Cc1cccc(CC(=O)N2CCC3(CC2)CC(CNS(C)(=O)=O)CCO3)c1. The van der Waals surface area contributed by atoms with Crippen LogP contribution in [-0.4, -0.2) is 57.3 Å². The Morgan fingerprint density at radius 2 is 2.07 bits per heavy atom. The number of carbonyl (C=O) groups excluding carboxylic acids is 1. The lowest BCUT2D eigenvalue weighted by Crippen LogP contribution is -2.52. The number of piperidine rings is 1. The lowest BCUT2D eigenvalue weighted by atomic mass is 9.79. The van der Waals surface area contributed by atoms with Gasteiger partial charge >= 0.3 is 0 Å². The first kappa shape index (κ1) is 20.3. The molecule has 150 valence electrons. The van der Waals surface area contributed by atoms with Gasteiger partial charge in [0.1, 0.15) is 0 Å². The summed E-state index contributed by atoms with van der Waals surface area (Å²) in [6.07, 6.45) is 5.01. The second kappa shape index (κ2) is 8.29. The summed E-state index contributed by atoms with van der Waals surface area (Å²) in [6.45, 7) is 4.58. The van der Waals surface area contributed by atoms with Crippen molar-refractivity contribution in [2.24, 2.45) is 5.92 Å². The summed E-state index contributed by atoms with van der Waals surface area (Å²) in [7, 11) is -3.16. The van der Waals surface area contributed by atoms with E-state index >= 15 is 0 Å². The van der Waals surface area contributed by atoms with Crippen molar-refractivity contribution >= 4 is 15.9 Å². The molecule has 0 aliphatic carbocycles. The Morgan fingerprint density at radius 1 is 1.33 bits per heavy atom. The summed E-state index contributed by atoms with van der Waals surface area (Å²) in [6, 6.07) is 8.09. The highest BCUT2D eigenvalue weighted by molar-refractivity contribution is 7.88. The van der Waals surface area contributed by atoms with E-state index in [1.54, 1.807) is 0 Å². The van der Waals surface area contributed by atoms with Gasteiger partial charge in [-0.05, 0) is 44.1 Å². The molecule has 2 aliphatic heterocycles. The van der Waals surface area contributed by atoms with E-state index in [0.29, 0.717) is 38.6 Å². The summed E-state index contributed by atoms with van der Waals surface area (Å²) in [5.74, 6) is 0.463. The molecule has 7 heteroatoms. The topological polar surface area (TPSA) is 75.7 Å². The third kappa shape index (κ3) is 5.77. The van der Waals surface area contributed by atoms with Crippen molar-refractivity contribution in [3.63, 3.8) is 0 Å². The number of nitrogens with zero attached hydrogens (tertiary/aromatic N) is 1.